The van der Waals surface area contributed by atoms with Gasteiger partial charge in [-0.15, -0.1) is 0 Å². The van der Waals surface area contributed by atoms with Crippen LogP contribution < -0.4 is 0 Å². The Bertz CT molecular complexity index is 587. The second-order valence-corrected chi connectivity index (χ2v) is 5.54. The minimum atomic E-state index is 0.196. The van der Waals surface area contributed by atoms with Gasteiger partial charge in [-0.1, -0.05) is 35.5 Å². The number of morpholine rings is 1. The van der Waals surface area contributed by atoms with Crippen LogP contribution in [0.1, 0.15) is 30.2 Å². The van der Waals surface area contributed by atoms with Crippen LogP contribution >= 0.6 is 0 Å². The zero-order chi connectivity index (χ0) is 15.4. The molecule has 3 rings (SSSR count). The van der Waals surface area contributed by atoms with E-state index in [0.717, 1.165) is 6.54 Å². The highest BCUT2D eigenvalue weighted by Gasteiger charge is 2.29. The molecule has 0 saturated carbocycles. The van der Waals surface area contributed by atoms with Crippen LogP contribution in [0.4, 0.5) is 0 Å². The predicted molar refractivity (Wildman–Crippen MR) is 80.0 cm³/mol. The molecule has 0 aliphatic carbocycles. The number of ether oxygens (including phenoxy) is 2. The van der Waals surface area contributed by atoms with E-state index in [2.05, 4.69) is 46.2 Å². The second-order valence-electron chi connectivity index (χ2n) is 5.54. The molecule has 1 aromatic carbocycles. The van der Waals surface area contributed by atoms with Crippen molar-refractivity contribution >= 4 is 0 Å². The zero-order valence-corrected chi connectivity index (χ0v) is 12.9. The molecule has 0 bridgehead atoms. The monoisotopic (exact) mass is 303 g/mol. The molecule has 118 valence electrons. The molecule has 1 aliphatic heterocycles. The summed E-state index contributed by atoms with van der Waals surface area (Å²) in [5, 5.41) is 3.92. The molecule has 22 heavy (non-hydrogen) atoms. The van der Waals surface area contributed by atoms with Gasteiger partial charge in [-0.25, -0.2) is 0 Å². The van der Waals surface area contributed by atoms with Gasteiger partial charge in [0.15, 0.2) is 5.82 Å². The van der Waals surface area contributed by atoms with Crippen molar-refractivity contribution in [2.45, 2.75) is 32.2 Å². The first-order valence-electron chi connectivity index (χ1n) is 7.47. The molecule has 1 aromatic heterocycles. The predicted octanol–water partition coefficient (Wildman–Crippen LogP) is 2.18. The molecule has 1 saturated heterocycles. The van der Waals surface area contributed by atoms with E-state index in [1.165, 1.54) is 5.56 Å². The van der Waals surface area contributed by atoms with Crippen LogP contribution in [0.15, 0.2) is 34.9 Å². The van der Waals surface area contributed by atoms with Crippen LogP contribution in [0.2, 0.25) is 0 Å². The molecule has 2 heterocycles. The fraction of sp³-hybridized carbons (Fsp3) is 0.500. The van der Waals surface area contributed by atoms with Crippen LogP contribution in [-0.4, -0.2) is 41.4 Å². The highest BCUT2D eigenvalue weighted by Crippen LogP contribution is 2.27. The maximum absolute atomic E-state index is 5.83. The number of nitrogens with zero attached hydrogens (tertiary/aromatic N) is 3. The zero-order valence-electron chi connectivity index (χ0n) is 12.9. The van der Waals surface area contributed by atoms with Crippen molar-refractivity contribution in [2.24, 2.45) is 0 Å². The van der Waals surface area contributed by atoms with E-state index in [9.17, 15) is 0 Å². The van der Waals surface area contributed by atoms with Gasteiger partial charge in [0, 0.05) is 13.7 Å². The average molecular weight is 303 g/mol. The SMILES string of the molecule is COCc1noc(CN2C[C@@H](C)OC[C@@H]2c2ccccc2)n1. The van der Waals surface area contributed by atoms with E-state index in [1.807, 2.05) is 6.07 Å². The Balaban J connectivity index is 1.75. The van der Waals surface area contributed by atoms with E-state index in [-0.39, 0.29) is 12.1 Å². The number of rotatable bonds is 5. The van der Waals surface area contributed by atoms with E-state index in [0.29, 0.717) is 31.5 Å². The molecule has 0 N–H and O–H groups in total. The lowest BCUT2D eigenvalue weighted by molar-refractivity contribution is -0.0626. The lowest BCUT2D eigenvalue weighted by Gasteiger charge is -2.38. The highest BCUT2D eigenvalue weighted by molar-refractivity contribution is 5.19. The summed E-state index contributed by atoms with van der Waals surface area (Å²) in [5.41, 5.74) is 1.24. The second kappa shape index (κ2) is 7.00. The average Bonchev–Trinajstić information content (AvgIpc) is 2.96. The van der Waals surface area contributed by atoms with Gasteiger partial charge in [-0.2, -0.15) is 4.98 Å². The molecular formula is C16H21N3O3. The number of hydrogen-bond donors (Lipinski definition) is 0. The number of benzene rings is 1. The van der Waals surface area contributed by atoms with Crippen molar-refractivity contribution < 1.29 is 14.0 Å². The lowest BCUT2D eigenvalue weighted by Crippen LogP contribution is -2.43. The van der Waals surface area contributed by atoms with Crippen molar-refractivity contribution in [1.82, 2.24) is 15.0 Å². The van der Waals surface area contributed by atoms with Crippen LogP contribution in [-0.2, 0) is 22.6 Å². The fourth-order valence-electron chi connectivity index (χ4n) is 2.74. The minimum absolute atomic E-state index is 0.196. The quantitative estimate of drug-likeness (QED) is 0.843. The number of hydrogen-bond acceptors (Lipinski definition) is 6. The van der Waals surface area contributed by atoms with Gasteiger partial charge < -0.3 is 14.0 Å². The third-order valence-corrected chi connectivity index (χ3v) is 3.78. The van der Waals surface area contributed by atoms with E-state index < -0.39 is 0 Å². The molecule has 2 atom stereocenters. The molecule has 0 unspecified atom stereocenters. The van der Waals surface area contributed by atoms with Crippen molar-refractivity contribution in [3.63, 3.8) is 0 Å². The maximum atomic E-state index is 5.83. The number of methoxy groups -OCH3 is 1. The molecule has 6 heteroatoms. The van der Waals surface area contributed by atoms with Gasteiger partial charge in [0.05, 0.1) is 25.3 Å². The van der Waals surface area contributed by atoms with Crippen LogP contribution in [0.3, 0.4) is 0 Å². The summed E-state index contributed by atoms with van der Waals surface area (Å²) in [6, 6.07) is 10.6. The van der Waals surface area contributed by atoms with E-state index in [1.54, 1.807) is 7.11 Å². The van der Waals surface area contributed by atoms with Gasteiger partial charge in [-0.05, 0) is 12.5 Å². The Morgan fingerprint density at radius 1 is 1.32 bits per heavy atom. The Labute approximate surface area is 130 Å². The molecule has 0 amide bonds. The van der Waals surface area contributed by atoms with Crippen molar-refractivity contribution in [1.29, 1.82) is 0 Å². The number of aromatic nitrogens is 2. The molecular weight excluding hydrogens is 282 g/mol. The van der Waals surface area contributed by atoms with Crippen LogP contribution in [0, 0.1) is 0 Å². The summed E-state index contributed by atoms with van der Waals surface area (Å²) < 4.78 is 16.2. The summed E-state index contributed by atoms with van der Waals surface area (Å²) in [6.07, 6.45) is 0.196. The van der Waals surface area contributed by atoms with Crippen molar-refractivity contribution in [3.05, 3.63) is 47.6 Å². The van der Waals surface area contributed by atoms with Gasteiger partial charge in [0.2, 0.25) is 5.89 Å². The molecule has 1 fully saturated rings. The third-order valence-electron chi connectivity index (χ3n) is 3.78. The summed E-state index contributed by atoms with van der Waals surface area (Å²) in [4.78, 5) is 6.69. The summed E-state index contributed by atoms with van der Waals surface area (Å²) in [6.45, 7) is 4.57. The summed E-state index contributed by atoms with van der Waals surface area (Å²) in [7, 11) is 1.62. The van der Waals surface area contributed by atoms with Gasteiger partial charge in [-0.3, -0.25) is 4.90 Å². The first-order valence-corrected chi connectivity index (χ1v) is 7.47. The summed E-state index contributed by atoms with van der Waals surface area (Å²) >= 11 is 0. The Morgan fingerprint density at radius 2 is 2.14 bits per heavy atom. The lowest BCUT2D eigenvalue weighted by atomic mass is 10.0. The van der Waals surface area contributed by atoms with Gasteiger partial charge in [0.25, 0.3) is 0 Å². The minimum Gasteiger partial charge on any atom is -0.377 e. The molecule has 0 spiro atoms. The molecule has 2 aromatic rings. The Kier molecular flexibility index (Phi) is 4.82. The molecule has 0 radical (unpaired) electrons. The van der Waals surface area contributed by atoms with Gasteiger partial charge >= 0.3 is 0 Å². The largest absolute Gasteiger partial charge is 0.377 e. The standard InChI is InChI=1S/C16H21N3O3/c1-12-8-19(9-16-17-15(11-20-2)18-22-16)14(10-21-12)13-6-4-3-5-7-13/h3-7,12,14H,8-11H2,1-2H3/t12-,14-/m1/s1. The highest BCUT2D eigenvalue weighted by atomic mass is 16.5. The van der Waals surface area contributed by atoms with E-state index in [4.69, 9.17) is 14.0 Å². The first-order chi connectivity index (χ1) is 10.8. The first kappa shape index (κ1) is 15.1. The topological polar surface area (TPSA) is 60.6 Å². The van der Waals surface area contributed by atoms with Crippen molar-refractivity contribution in [3.8, 4) is 0 Å². The van der Waals surface area contributed by atoms with E-state index >= 15 is 0 Å². The van der Waals surface area contributed by atoms with Crippen LogP contribution in [0.25, 0.3) is 0 Å². The fourth-order valence-corrected chi connectivity index (χ4v) is 2.74. The normalized spacial score (nSPS) is 22.8. The molecule has 1 aliphatic rings. The summed E-state index contributed by atoms with van der Waals surface area (Å²) in [5.74, 6) is 1.19. The van der Waals surface area contributed by atoms with Crippen molar-refractivity contribution in [2.75, 3.05) is 20.3 Å². The van der Waals surface area contributed by atoms with Gasteiger partial charge in [0.1, 0.15) is 6.61 Å². The smallest absolute Gasteiger partial charge is 0.240 e. The third kappa shape index (κ3) is 3.52. The van der Waals surface area contributed by atoms with Crippen LogP contribution in [0.5, 0.6) is 0 Å². The Hall–Kier alpha value is -1.76. The molecule has 6 nitrogen and oxygen atoms in total. The Morgan fingerprint density at radius 3 is 2.91 bits per heavy atom. The maximum Gasteiger partial charge on any atom is 0.240 e.